The number of carbonyl (C=O) groups is 1. The number of nitriles is 1. The molecular weight excluding hydrogens is 312 g/mol. The number of nitrogens with zero attached hydrogens (tertiary/aromatic N) is 1. The van der Waals surface area contributed by atoms with E-state index in [9.17, 15) is 9.90 Å². The van der Waals surface area contributed by atoms with Gasteiger partial charge in [-0.2, -0.15) is 5.26 Å². The number of hydrogen-bond acceptors (Lipinski definition) is 3. The van der Waals surface area contributed by atoms with Gasteiger partial charge in [-0.05, 0) is 48.9 Å². The van der Waals surface area contributed by atoms with Crippen LogP contribution in [0.15, 0.2) is 65.9 Å². The Bertz CT molecular complexity index is 813. The van der Waals surface area contributed by atoms with E-state index in [1.807, 2.05) is 48.5 Å². The molecule has 1 amide bonds. The maximum absolute atomic E-state index is 12.2. The lowest BCUT2D eigenvalue weighted by Crippen LogP contribution is -2.16. The number of hydrogen-bond donors (Lipinski definition) is 2. The second-order valence-corrected chi connectivity index (χ2v) is 6.28. The van der Waals surface area contributed by atoms with Gasteiger partial charge in [0.25, 0.3) is 5.91 Å². The van der Waals surface area contributed by atoms with Gasteiger partial charge in [-0.3, -0.25) is 4.79 Å². The van der Waals surface area contributed by atoms with Crippen LogP contribution in [-0.4, -0.2) is 11.0 Å². The van der Waals surface area contributed by atoms with Crippen molar-refractivity contribution in [2.45, 2.75) is 25.7 Å². The number of amides is 1. The van der Waals surface area contributed by atoms with E-state index < -0.39 is 5.91 Å². The van der Waals surface area contributed by atoms with Crippen molar-refractivity contribution in [3.8, 4) is 6.07 Å². The summed E-state index contributed by atoms with van der Waals surface area (Å²) >= 11 is 0. The molecule has 2 aromatic carbocycles. The molecule has 0 unspecified atom stereocenters. The first-order valence-corrected chi connectivity index (χ1v) is 8.45. The lowest BCUT2D eigenvalue weighted by molar-refractivity contribution is -0.112. The Kier molecular flexibility index (Phi) is 5.15. The second kappa shape index (κ2) is 7.67. The van der Waals surface area contributed by atoms with E-state index >= 15 is 0 Å². The van der Waals surface area contributed by atoms with E-state index in [-0.39, 0.29) is 17.3 Å². The summed E-state index contributed by atoms with van der Waals surface area (Å²) in [4.78, 5) is 12.2. The predicted molar refractivity (Wildman–Crippen MR) is 96.9 cm³/mol. The lowest BCUT2D eigenvalue weighted by atomic mass is 10.0. The molecule has 126 valence electrons. The van der Waals surface area contributed by atoms with Crippen molar-refractivity contribution in [2.75, 3.05) is 5.32 Å². The Hall–Kier alpha value is -3.06. The molecule has 25 heavy (non-hydrogen) atoms. The van der Waals surface area contributed by atoms with Gasteiger partial charge in [-0.25, -0.2) is 0 Å². The number of rotatable bonds is 6. The van der Waals surface area contributed by atoms with E-state index in [1.165, 1.54) is 11.1 Å². The molecule has 1 aliphatic rings. The number of allylic oxidation sites excluding steroid dienone is 1. The molecule has 0 heterocycles. The Labute approximate surface area is 147 Å². The van der Waals surface area contributed by atoms with Crippen LogP contribution < -0.4 is 5.32 Å². The van der Waals surface area contributed by atoms with Crippen LogP contribution in [0.4, 0.5) is 5.69 Å². The van der Waals surface area contributed by atoms with Crippen molar-refractivity contribution in [1.82, 2.24) is 0 Å². The number of aryl methyl sites for hydroxylation is 2. The van der Waals surface area contributed by atoms with Gasteiger partial charge in [-0.15, -0.1) is 0 Å². The van der Waals surface area contributed by atoms with Crippen LogP contribution >= 0.6 is 0 Å². The zero-order chi connectivity index (χ0) is 17.6. The Balaban J connectivity index is 1.60. The molecule has 1 saturated carbocycles. The van der Waals surface area contributed by atoms with Crippen molar-refractivity contribution >= 4 is 11.6 Å². The quantitative estimate of drug-likeness (QED) is 0.474. The summed E-state index contributed by atoms with van der Waals surface area (Å²) in [5.41, 5.74) is 2.90. The summed E-state index contributed by atoms with van der Waals surface area (Å²) in [7, 11) is 0. The molecule has 0 bridgehead atoms. The molecule has 0 atom stereocenters. The lowest BCUT2D eigenvalue weighted by Gasteiger charge is -2.07. The molecule has 0 spiro atoms. The molecule has 0 aromatic heterocycles. The summed E-state index contributed by atoms with van der Waals surface area (Å²) in [5, 5.41) is 21.7. The first-order valence-electron chi connectivity index (χ1n) is 8.45. The topological polar surface area (TPSA) is 73.1 Å². The fourth-order valence-electron chi connectivity index (χ4n) is 2.67. The zero-order valence-electron chi connectivity index (χ0n) is 13.9. The zero-order valence-corrected chi connectivity index (χ0v) is 13.9. The van der Waals surface area contributed by atoms with Crippen molar-refractivity contribution < 1.29 is 9.90 Å². The molecular formula is C21H20N2O2. The van der Waals surface area contributed by atoms with Crippen molar-refractivity contribution in [3.05, 3.63) is 77.1 Å². The molecule has 1 fully saturated rings. The maximum atomic E-state index is 12.2. The summed E-state index contributed by atoms with van der Waals surface area (Å²) in [6, 6.07) is 19.7. The van der Waals surface area contributed by atoms with Crippen molar-refractivity contribution in [1.29, 1.82) is 5.26 Å². The summed E-state index contributed by atoms with van der Waals surface area (Å²) < 4.78 is 0. The highest BCUT2D eigenvalue weighted by Crippen LogP contribution is 2.36. The van der Waals surface area contributed by atoms with Gasteiger partial charge in [0, 0.05) is 11.6 Å². The van der Waals surface area contributed by atoms with Gasteiger partial charge in [-0.1, -0.05) is 42.5 Å². The second-order valence-electron chi connectivity index (χ2n) is 6.28. The highest BCUT2D eigenvalue weighted by atomic mass is 16.3. The molecule has 4 heteroatoms. The molecule has 2 N–H and O–H groups in total. The minimum absolute atomic E-state index is 0.0271. The molecule has 2 aromatic rings. The first-order chi connectivity index (χ1) is 12.2. The van der Waals surface area contributed by atoms with E-state index in [4.69, 9.17) is 5.26 Å². The van der Waals surface area contributed by atoms with Gasteiger partial charge >= 0.3 is 0 Å². The first kappa shape index (κ1) is 16.8. The van der Waals surface area contributed by atoms with Crippen molar-refractivity contribution in [3.63, 3.8) is 0 Å². The average molecular weight is 332 g/mol. The number of carbonyl (C=O) groups excluding carboxylic acids is 1. The highest BCUT2D eigenvalue weighted by Gasteiger charge is 2.30. The van der Waals surface area contributed by atoms with Crippen molar-refractivity contribution in [2.24, 2.45) is 5.92 Å². The van der Waals surface area contributed by atoms with Gasteiger partial charge in [0.05, 0.1) is 0 Å². The maximum Gasteiger partial charge on any atom is 0.269 e. The monoisotopic (exact) mass is 332 g/mol. The normalized spacial score (nSPS) is 14.4. The Morgan fingerprint density at radius 3 is 2.20 bits per heavy atom. The number of benzene rings is 2. The van der Waals surface area contributed by atoms with Crippen LogP contribution in [0.1, 0.15) is 24.0 Å². The molecule has 4 nitrogen and oxygen atoms in total. The standard InChI is InChI=1S/C21H20N2O2/c22-14-19(20(24)17-10-11-17)21(25)23-18-12-8-16(9-13-18)7-6-15-4-2-1-3-5-15/h1-5,8-9,12-13,17,24H,6-7,10-11H2,(H,23,25)/b20-19-. The number of anilines is 1. The summed E-state index contributed by atoms with van der Waals surface area (Å²) in [5.74, 6) is -0.663. The minimum Gasteiger partial charge on any atom is -0.510 e. The van der Waals surface area contributed by atoms with Crippen LogP contribution in [0.25, 0.3) is 0 Å². The molecule has 0 saturated heterocycles. The highest BCUT2D eigenvalue weighted by molar-refractivity contribution is 6.06. The summed E-state index contributed by atoms with van der Waals surface area (Å²) in [6.07, 6.45) is 3.55. The van der Waals surface area contributed by atoms with Crippen LogP contribution in [0.5, 0.6) is 0 Å². The SMILES string of the molecule is N#C/C(C(=O)Nc1ccc(CCc2ccccc2)cc1)=C(/O)C1CC1. The molecule has 3 rings (SSSR count). The van der Waals surface area contributed by atoms with Crippen LogP contribution in [0.3, 0.4) is 0 Å². The van der Waals surface area contributed by atoms with Gasteiger partial charge in [0.15, 0.2) is 5.57 Å². The number of aliphatic hydroxyl groups is 1. The third kappa shape index (κ3) is 4.48. The number of nitrogens with one attached hydrogen (secondary N) is 1. The largest absolute Gasteiger partial charge is 0.510 e. The number of aliphatic hydroxyl groups excluding tert-OH is 1. The molecule has 1 aliphatic carbocycles. The Morgan fingerprint density at radius 1 is 1.04 bits per heavy atom. The molecule has 0 radical (unpaired) electrons. The van der Waals surface area contributed by atoms with Crippen LogP contribution in [-0.2, 0) is 17.6 Å². The van der Waals surface area contributed by atoms with Crippen LogP contribution in [0, 0.1) is 17.2 Å². The van der Waals surface area contributed by atoms with E-state index in [0.29, 0.717) is 5.69 Å². The third-order valence-electron chi connectivity index (χ3n) is 4.32. The molecule has 0 aliphatic heterocycles. The van der Waals surface area contributed by atoms with Gasteiger partial charge in [0.1, 0.15) is 11.8 Å². The average Bonchev–Trinajstić information content (AvgIpc) is 3.48. The van der Waals surface area contributed by atoms with Gasteiger partial charge in [0.2, 0.25) is 0 Å². The Morgan fingerprint density at radius 2 is 1.64 bits per heavy atom. The van der Waals surface area contributed by atoms with E-state index in [1.54, 1.807) is 0 Å². The van der Waals surface area contributed by atoms with Crippen LogP contribution in [0.2, 0.25) is 0 Å². The smallest absolute Gasteiger partial charge is 0.269 e. The summed E-state index contributed by atoms with van der Waals surface area (Å²) in [6.45, 7) is 0. The van der Waals surface area contributed by atoms with Gasteiger partial charge < -0.3 is 10.4 Å². The third-order valence-corrected chi connectivity index (χ3v) is 4.32. The fourth-order valence-corrected chi connectivity index (χ4v) is 2.67. The van der Waals surface area contributed by atoms with E-state index in [2.05, 4.69) is 17.4 Å². The van der Waals surface area contributed by atoms with E-state index in [0.717, 1.165) is 25.7 Å². The predicted octanol–water partition coefficient (Wildman–Crippen LogP) is 4.16. The minimum atomic E-state index is -0.552. The fraction of sp³-hybridized carbons (Fsp3) is 0.238.